The van der Waals surface area contributed by atoms with Crippen LogP contribution in [0.1, 0.15) is 12.5 Å². The summed E-state index contributed by atoms with van der Waals surface area (Å²) in [6.45, 7) is 2.45. The smallest absolute Gasteiger partial charge is 0.270 e. The fourth-order valence-corrected chi connectivity index (χ4v) is 2.81. The number of aromatic nitrogens is 1. The molecule has 6 nitrogen and oxygen atoms in total. The molecule has 25 heavy (non-hydrogen) atoms. The summed E-state index contributed by atoms with van der Waals surface area (Å²) in [5, 5.41) is 2.63. The summed E-state index contributed by atoms with van der Waals surface area (Å²) in [6.07, 6.45) is 5.22. The molecule has 1 fully saturated rings. The van der Waals surface area contributed by atoms with Crippen molar-refractivity contribution < 1.29 is 14.3 Å². The predicted molar refractivity (Wildman–Crippen MR) is 99.2 cm³/mol. The molecule has 0 unspecified atom stereocenters. The van der Waals surface area contributed by atoms with Crippen LogP contribution in [0.25, 0.3) is 6.08 Å². The van der Waals surface area contributed by atoms with E-state index in [2.05, 4.69) is 5.32 Å². The van der Waals surface area contributed by atoms with Crippen LogP contribution in [0.4, 0.5) is 5.69 Å². The Balaban J connectivity index is 1.93. The number of hydrogen-bond donors (Lipinski definition) is 1. The Morgan fingerprint density at radius 3 is 2.52 bits per heavy atom. The molecule has 128 valence electrons. The molecule has 1 aromatic carbocycles. The number of anilines is 1. The van der Waals surface area contributed by atoms with Crippen LogP contribution < -0.4 is 15.0 Å². The number of rotatable bonds is 4. The molecule has 0 spiro atoms. The Bertz CT molecular complexity index is 868. The maximum absolute atomic E-state index is 12.8. The van der Waals surface area contributed by atoms with Crippen molar-refractivity contribution in [1.82, 2.24) is 9.88 Å². The Hall–Kier alpha value is -2.93. The molecular formula is C18H17N3O3S. The highest BCUT2D eigenvalue weighted by Gasteiger charge is 2.34. The van der Waals surface area contributed by atoms with Crippen LogP contribution in [-0.2, 0) is 16.6 Å². The Morgan fingerprint density at radius 1 is 1.20 bits per heavy atom. The highest BCUT2D eigenvalue weighted by atomic mass is 32.1. The van der Waals surface area contributed by atoms with E-state index in [0.717, 1.165) is 5.56 Å². The van der Waals surface area contributed by atoms with Crippen LogP contribution in [-0.4, -0.2) is 28.1 Å². The number of ether oxygens (including phenoxy) is 1. The monoisotopic (exact) mass is 355 g/mol. The summed E-state index contributed by atoms with van der Waals surface area (Å²) in [5.74, 6) is -0.256. The normalized spacial score (nSPS) is 16.3. The lowest BCUT2D eigenvalue weighted by atomic mass is 10.1. The molecule has 0 radical (unpaired) electrons. The Labute approximate surface area is 150 Å². The molecule has 2 amide bonds. The van der Waals surface area contributed by atoms with Gasteiger partial charge in [-0.3, -0.25) is 19.8 Å². The first-order valence-electron chi connectivity index (χ1n) is 7.76. The summed E-state index contributed by atoms with van der Waals surface area (Å²) >= 11 is 5.18. The minimum Gasteiger partial charge on any atom is -0.494 e. The van der Waals surface area contributed by atoms with Gasteiger partial charge in [-0.2, -0.15) is 0 Å². The number of carbonyl (C=O) groups is 2. The third kappa shape index (κ3) is 3.46. The molecule has 2 heterocycles. The number of aryl methyl sites for hydroxylation is 1. The number of amides is 2. The molecule has 2 aromatic rings. The molecule has 3 rings (SSSR count). The molecule has 7 heteroatoms. The van der Waals surface area contributed by atoms with Gasteiger partial charge in [0.2, 0.25) is 0 Å². The summed E-state index contributed by atoms with van der Waals surface area (Å²) < 4.78 is 7.24. The van der Waals surface area contributed by atoms with E-state index in [1.54, 1.807) is 30.3 Å². The standard InChI is InChI=1S/C18H17N3O3S/c1-3-24-14-6-4-13(5-7-14)21-17(23)15(16(22)19-18(21)25)10-12-8-9-20(2)11-12/h4-11H,3H2,1-2H3,(H,19,22,25)/b15-10-. The molecule has 1 N–H and O–H groups in total. The molecule has 1 aliphatic rings. The first-order chi connectivity index (χ1) is 12.0. The number of nitrogens with one attached hydrogen (secondary N) is 1. The van der Waals surface area contributed by atoms with Crippen molar-refractivity contribution in [3.63, 3.8) is 0 Å². The van der Waals surface area contributed by atoms with Gasteiger partial charge in [-0.1, -0.05) is 0 Å². The van der Waals surface area contributed by atoms with Gasteiger partial charge < -0.3 is 9.30 Å². The summed E-state index contributed by atoms with van der Waals surface area (Å²) in [5.41, 5.74) is 1.37. The first-order valence-corrected chi connectivity index (χ1v) is 8.16. The molecule has 0 saturated carbocycles. The minimum absolute atomic E-state index is 0.0358. The highest BCUT2D eigenvalue weighted by molar-refractivity contribution is 7.80. The van der Waals surface area contributed by atoms with Gasteiger partial charge in [0, 0.05) is 19.4 Å². The molecule has 0 atom stereocenters. The van der Waals surface area contributed by atoms with Crippen LogP contribution in [0.3, 0.4) is 0 Å². The van der Waals surface area contributed by atoms with Crippen LogP contribution in [0.5, 0.6) is 5.75 Å². The lowest BCUT2D eigenvalue weighted by molar-refractivity contribution is -0.122. The molecule has 1 saturated heterocycles. The zero-order chi connectivity index (χ0) is 18.0. The number of nitrogens with zero attached hydrogens (tertiary/aromatic N) is 2. The van der Waals surface area contributed by atoms with Crippen molar-refractivity contribution >= 4 is 40.9 Å². The quantitative estimate of drug-likeness (QED) is 0.519. The average molecular weight is 355 g/mol. The van der Waals surface area contributed by atoms with E-state index >= 15 is 0 Å². The summed E-state index contributed by atoms with van der Waals surface area (Å²) in [6, 6.07) is 8.79. The second kappa shape index (κ2) is 6.90. The van der Waals surface area contributed by atoms with E-state index in [1.165, 1.54) is 4.90 Å². The Morgan fingerprint density at radius 2 is 1.92 bits per heavy atom. The van der Waals surface area contributed by atoms with Crippen molar-refractivity contribution in [1.29, 1.82) is 0 Å². The fourth-order valence-electron chi connectivity index (χ4n) is 2.53. The highest BCUT2D eigenvalue weighted by Crippen LogP contribution is 2.24. The van der Waals surface area contributed by atoms with Gasteiger partial charge in [0.25, 0.3) is 11.8 Å². The third-order valence-corrected chi connectivity index (χ3v) is 3.96. The largest absolute Gasteiger partial charge is 0.494 e. The van der Waals surface area contributed by atoms with Gasteiger partial charge in [0.15, 0.2) is 5.11 Å². The zero-order valence-corrected chi connectivity index (χ0v) is 14.7. The van der Waals surface area contributed by atoms with Crippen molar-refractivity contribution in [2.75, 3.05) is 11.5 Å². The van der Waals surface area contributed by atoms with Gasteiger partial charge in [-0.15, -0.1) is 0 Å². The second-order valence-electron chi connectivity index (χ2n) is 5.50. The molecule has 1 aromatic heterocycles. The number of benzene rings is 1. The van der Waals surface area contributed by atoms with Gasteiger partial charge in [-0.05, 0) is 61.1 Å². The predicted octanol–water partition coefficient (Wildman–Crippen LogP) is 2.26. The Kier molecular flexibility index (Phi) is 4.67. The van der Waals surface area contributed by atoms with Crippen molar-refractivity contribution in [2.45, 2.75) is 6.92 Å². The van der Waals surface area contributed by atoms with Crippen LogP contribution in [0, 0.1) is 0 Å². The maximum atomic E-state index is 12.8. The number of hydrogen-bond acceptors (Lipinski definition) is 4. The van der Waals surface area contributed by atoms with Crippen molar-refractivity contribution in [3.8, 4) is 5.75 Å². The number of thiocarbonyl (C=S) groups is 1. The van der Waals surface area contributed by atoms with E-state index in [9.17, 15) is 9.59 Å². The van der Waals surface area contributed by atoms with E-state index in [1.807, 2.05) is 37.0 Å². The van der Waals surface area contributed by atoms with Crippen LogP contribution in [0.2, 0.25) is 0 Å². The molecular weight excluding hydrogens is 338 g/mol. The van der Waals surface area contributed by atoms with E-state index in [-0.39, 0.29) is 10.7 Å². The van der Waals surface area contributed by atoms with E-state index in [4.69, 9.17) is 17.0 Å². The van der Waals surface area contributed by atoms with Crippen molar-refractivity contribution in [2.24, 2.45) is 7.05 Å². The molecule has 1 aliphatic heterocycles. The van der Waals surface area contributed by atoms with E-state index < -0.39 is 11.8 Å². The van der Waals surface area contributed by atoms with Gasteiger partial charge in [0.05, 0.1) is 12.3 Å². The first kappa shape index (κ1) is 16.9. The van der Waals surface area contributed by atoms with Gasteiger partial charge in [-0.25, -0.2) is 0 Å². The average Bonchev–Trinajstić information content (AvgIpc) is 2.98. The maximum Gasteiger partial charge on any atom is 0.270 e. The lowest BCUT2D eigenvalue weighted by Gasteiger charge is -2.29. The van der Waals surface area contributed by atoms with Crippen molar-refractivity contribution in [3.05, 3.63) is 53.9 Å². The molecule has 0 bridgehead atoms. The lowest BCUT2D eigenvalue weighted by Crippen LogP contribution is -2.54. The third-order valence-electron chi connectivity index (χ3n) is 3.67. The zero-order valence-electron chi connectivity index (χ0n) is 13.9. The summed E-state index contributed by atoms with van der Waals surface area (Å²) in [7, 11) is 1.87. The van der Waals surface area contributed by atoms with Crippen LogP contribution in [0.15, 0.2) is 48.3 Å². The minimum atomic E-state index is -0.499. The second-order valence-corrected chi connectivity index (χ2v) is 5.88. The van der Waals surface area contributed by atoms with Gasteiger partial charge in [0.1, 0.15) is 11.3 Å². The summed E-state index contributed by atoms with van der Waals surface area (Å²) in [4.78, 5) is 26.3. The fraction of sp³-hybridized carbons (Fsp3) is 0.167. The number of carbonyl (C=O) groups excluding carboxylic acids is 2. The molecule has 0 aliphatic carbocycles. The SMILES string of the molecule is CCOc1ccc(N2C(=O)/C(=C\c3ccn(C)c3)C(=O)NC2=S)cc1. The van der Waals surface area contributed by atoms with E-state index in [0.29, 0.717) is 18.0 Å². The topological polar surface area (TPSA) is 63.6 Å². The van der Waals surface area contributed by atoms with Crippen LogP contribution >= 0.6 is 12.2 Å². The van der Waals surface area contributed by atoms with Gasteiger partial charge >= 0.3 is 0 Å².